The zero-order valence-electron chi connectivity index (χ0n) is 26.3. The molecule has 3 atom stereocenters. The highest BCUT2D eigenvalue weighted by molar-refractivity contribution is 6.02. The molecule has 1 spiro atoms. The summed E-state index contributed by atoms with van der Waals surface area (Å²) in [6, 6.07) is 5.69. The Morgan fingerprint density at radius 2 is 1.88 bits per heavy atom. The number of carbonyl (C=O) groups excluding carboxylic acids is 3. The molecule has 3 saturated heterocycles. The Bertz CT molecular complexity index is 1050. The number of ketones is 2. The van der Waals surface area contributed by atoms with Crippen molar-refractivity contribution in [1.29, 1.82) is 0 Å². The monoisotopic (exact) mass is 567 g/mol. The summed E-state index contributed by atoms with van der Waals surface area (Å²) in [4.78, 5) is 45.0. The molecule has 0 bridgehead atoms. The van der Waals surface area contributed by atoms with Gasteiger partial charge in [0.1, 0.15) is 5.78 Å². The van der Waals surface area contributed by atoms with Crippen LogP contribution in [0.2, 0.25) is 0 Å². The fourth-order valence-electron chi connectivity index (χ4n) is 7.02. The van der Waals surface area contributed by atoms with E-state index in [1.807, 2.05) is 33.8 Å². The number of hydrogen-bond donors (Lipinski definition) is 0. The summed E-state index contributed by atoms with van der Waals surface area (Å²) in [7, 11) is 0. The van der Waals surface area contributed by atoms with E-state index in [2.05, 4.69) is 21.9 Å². The Balaban J connectivity index is 0.00000189. The van der Waals surface area contributed by atoms with Gasteiger partial charge in [-0.25, -0.2) is 0 Å². The average molecular weight is 568 g/mol. The van der Waals surface area contributed by atoms with Crippen LogP contribution in [0.5, 0.6) is 0 Å². The Hall–Kier alpha value is -2.25. The lowest BCUT2D eigenvalue weighted by atomic mass is 9.71. The van der Waals surface area contributed by atoms with Crippen molar-refractivity contribution in [3.05, 3.63) is 29.3 Å². The van der Waals surface area contributed by atoms with Gasteiger partial charge in [-0.3, -0.25) is 14.4 Å². The molecule has 4 aliphatic heterocycles. The molecule has 1 aromatic rings. The van der Waals surface area contributed by atoms with Crippen molar-refractivity contribution in [2.75, 3.05) is 44.2 Å². The number of nitrogens with zero attached hydrogens (tertiary/aromatic N) is 3. The second-order valence-electron chi connectivity index (χ2n) is 12.7. The van der Waals surface area contributed by atoms with Gasteiger partial charge >= 0.3 is 0 Å². The van der Waals surface area contributed by atoms with Crippen LogP contribution in [-0.2, 0) is 20.9 Å². The number of likely N-dealkylation sites (tertiary alicyclic amines) is 1. The third kappa shape index (κ3) is 7.40. The van der Waals surface area contributed by atoms with Gasteiger partial charge in [0.2, 0.25) is 0 Å². The van der Waals surface area contributed by atoms with Crippen molar-refractivity contribution < 1.29 is 19.1 Å². The second-order valence-corrected chi connectivity index (χ2v) is 12.7. The summed E-state index contributed by atoms with van der Waals surface area (Å²) < 4.78 is 5.77. The van der Waals surface area contributed by atoms with Gasteiger partial charge in [0.05, 0.1) is 12.1 Å². The van der Waals surface area contributed by atoms with E-state index < -0.39 is 6.04 Å². The molecular weight excluding hydrogens is 514 g/mol. The van der Waals surface area contributed by atoms with E-state index in [1.54, 1.807) is 4.90 Å². The molecule has 41 heavy (non-hydrogen) atoms. The van der Waals surface area contributed by atoms with Crippen LogP contribution in [0, 0.1) is 11.3 Å². The predicted octanol–water partition coefficient (Wildman–Crippen LogP) is 5.88. The molecule has 0 N–H and O–H groups in total. The lowest BCUT2D eigenvalue weighted by Gasteiger charge is -2.55. The van der Waals surface area contributed by atoms with Gasteiger partial charge in [-0.1, -0.05) is 33.8 Å². The third-order valence-corrected chi connectivity index (χ3v) is 9.96. The minimum atomic E-state index is -0.537. The first-order chi connectivity index (χ1) is 19.8. The molecule has 5 rings (SSSR count). The highest BCUT2D eigenvalue weighted by atomic mass is 16.5. The van der Waals surface area contributed by atoms with Gasteiger partial charge in [-0.05, 0) is 95.6 Å². The molecule has 7 nitrogen and oxygen atoms in total. The number of benzene rings is 1. The van der Waals surface area contributed by atoms with Crippen LogP contribution < -0.4 is 4.90 Å². The summed E-state index contributed by atoms with van der Waals surface area (Å²) in [6.07, 6.45) is 9.44. The number of rotatable bonds is 12. The van der Waals surface area contributed by atoms with E-state index in [4.69, 9.17) is 4.74 Å². The Kier molecular flexibility index (Phi) is 11.0. The number of piperidine rings is 1. The average Bonchev–Trinajstić information content (AvgIpc) is 3.60. The van der Waals surface area contributed by atoms with Crippen molar-refractivity contribution in [2.24, 2.45) is 11.3 Å². The minimum Gasteiger partial charge on any atom is -0.378 e. The maximum Gasteiger partial charge on any atom is 0.255 e. The van der Waals surface area contributed by atoms with Gasteiger partial charge in [0.25, 0.3) is 5.91 Å². The third-order valence-electron chi connectivity index (χ3n) is 9.96. The summed E-state index contributed by atoms with van der Waals surface area (Å²) in [5.74, 6) is 0.0487. The molecule has 0 aromatic heterocycles. The maximum absolute atomic E-state index is 13.4. The van der Waals surface area contributed by atoms with Crippen molar-refractivity contribution in [3.63, 3.8) is 0 Å². The number of Topliss-reactive ketones (excluding diaryl/α,β-unsaturated/α-hetero) is 2. The summed E-state index contributed by atoms with van der Waals surface area (Å²) in [5, 5.41) is 0. The topological polar surface area (TPSA) is 70.2 Å². The molecule has 0 aliphatic carbocycles. The summed E-state index contributed by atoms with van der Waals surface area (Å²) >= 11 is 0. The van der Waals surface area contributed by atoms with Crippen LogP contribution in [0.25, 0.3) is 0 Å². The molecule has 0 saturated carbocycles. The first-order valence-corrected chi connectivity index (χ1v) is 16.3. The zero-order chi connectivity index (χ0) is 29.6. The fraction of sp³-hybridized carbons (Fsp3) is 0.735. The molecular formula is C34H53N3O4. The number of fused-ring (bicyclic) bond motifs is 1. The van der Waals surface area contributed by atoms with Gasteiger partial charge in [-0.15, -0.1) is 0 Å². The van der Waals surface area contributed by atoms with E-state index in [0.29, 0.717) is 36.5 Å². The molecule has 3 fully saturated rings. The van der Waals surface area contributed by atoms with Gasteiger partial charge < -0.3 is 19.4 Å². The van der Waals surface area contributed by atoms with E-state index in [0.717, 1.165) is 37.4 Å². The van der Waals surface area contributed by atoms with Gasteiger partial charge in [0.15, 0.2) is 5.78 Å². The predicted molar refractivity (Wildman–Crippen MR) is 164 cm³/mol. The van der Waals surface area contributed by atoms with E-state index in [-0.39, 0.29) is 23.4 Å². The van der Waals surface area contributed by atoms with Crippen LogP contribution in [-0.4, -0.2) is 78.7 Å². The zero-order valence-corrected chi connectivity index (χ0v) is 26.3. The van der Waals surface area contributed by atoms with Crippen LogP contribution in [0.3, 0.4) is 0 Å². The van der Waals surface area contributed by atoms with Gasteiger partial charge in [-0.2, -0.15) is 0 Å². The fourth-order valence-corrected chi connectivity index (χ4v) is 7.02. The number of anilines is 1. The number of ether oxygens (including phenoxy) is 1. The SMILES string of the molecule is CC.CCC(C)C(=O)CCC(C(C)=O)N1Cc2ccc(N3CC4(CCN(CCCC5CCCO5)CC4)C3)cc2C1=O. The molecule has 4 aliphatic rings. The molecule has 228 valence electrons. The highest BCUT2D eigenvalue weighted by Crippen LogP contribution is 2.43. The minimum absolute atomic E-state index is 0.00428. The molecule has 1 aromatic carbocycles. The number of amides is 1. The second kappa shape index (κ2) is 14.3. The number of carbonyl (C=O) groups is 3. The van der Waals surface area contributed by atoms with Crippen molar-refractivity contribution in [2.45, 2.75) is 111 Å². The quantitative estimate of drug-likeness (QED) is 0.314. The Morgan fingerprint density at radius 1 is 1.15 bits per heavy atom. The maximum atomic E-state index is 13.4. The first-order valence-electron chi connectivity index (χ1n) is 16.3. The molecule has 4 heterocycles. The lowest BCUT2D eigenvalue weighted by molar-refractivity contribution is -0.124. The largest absolute Gasteiger partial charge is 0.378 e. The van der Waals surface area contributed by atoms with E-state index in [1.165, 1.54) is 65.1 Å². The first kappa shape index (κ1) is 31.7. The Morgan fingerprint density at radius 3 is 2.51 bits per heavy atom. The number of hydrogen-bond acceptors (Lipinski definition) is 6. The van der Waals surface area contributed by atoms with Crippen LogP contribution in [0.1, 0.15) is 108 Å². The summed E-state index contributed by atoms with van der Waals surface area (Å²) in [6.45, 7) is 16.5. The van der Waals surface area contributed by atoms with Crippen LogP contribution >= 0.6 is 0 Å². The van der Waals surface area contributed by atoms with E-state index in [9.17, 15) is 14.4 Å². The smallest absolute Gasteiger partial charge is 0.255 e. The van der Waals surface area contributed by atoms with Crippen molar-refractivity contribution in [1.82, 2.24) is 9.80 Å². The van der Waals surface area contributed by atoms with E-state index >= 15 is 0 Å². The van der Waals surface area contributed by atoms with Crippen LogP contribution in [0.15, 0.2) is 18.2 Å². The normalized spacial score (nSPS) is 23.0. The van der Waals surface area contributed by atoms with Crippen molar-refractivity contribution in [3.8, 4) is 0 Å². The Labute approximate surface area is 248 Å². The van der Waals surface area contributed by atoms with Crippen molar-refractivity contribution >= 4 is 23.2 Å². The standard InChI is InChI=1S/C32H47N3O4.C2H6/c1-4-23(2)30(37)12-11-29(24(3)36)35-20-25-9-10-26(19-28(25)31(35)38)34-21-32(22-34)13-16-33(17-14-32)15-5-7-27-8-6-18-39-27;1-2/h9-10,19,23,27,29H,4-8,11-18,20-22H2,1-3H3;1-2H3. The molecule has 3 unspecified atom stereocenters. The summed E-state index contributed by atoms with van der Waals surface area (Å²) in [5.41, 5.74) is 3.21. The molecule has 1 amide bonds. The van der Waals surface area contributed by atoms with Gasteiger partial charge in [0, 0.05) is 55.2 Å². The van der Waals surface area contributed by atoms with Crippen LogP contribution in [0.4, 0.5) is 5.69 Å². The highest BCUT2D eigenvalue weighted by Gasteiger charge is 2.45. The lowest BCUT2D eigenvalue weighted by Crippen LogP contribution is -2.60. The molecule has 7 heteroatoms. The molecule has 0 radical (unpaired) electrons.